The smallest absolute Gasteiger partial charge is 0.338 e. The zero-order chi connectivity index (χ0) is 16.2. The standard InChI is InChI=1S/C18H26O6/c19-16-15-14(23-18(24-15)9-5-2-6-10-18)13(21-16)12-11-20-17(22-12)7-3-1-4-8-17/h12-15H,1-11H2/t12?,13-,14?,15+/m0/s1. The molecule has 0 aromatic carbocycles. The Morgan fingerprint density at radius 1 is 0.750 bits per heavy atom. The molecule has 5 fully saturated rings. The topological polar surface area (TPSA) is 63.2 Å². The van der Waals surface area contributed by atoms with Crippen molar-refractivity contribution in [1.82, 2.24) is 0 Å². The monoisotopic (exact) mass is 338 g/mol. The van der Waals surface area contributed by atoms with Crippen LogP contribution in [-0.2, 0) is 28.5 Å². The summed E-state index contributed by atoms with van der Waals surface area (Å²) in [5, 5.41) is 0. The van der Waals surface area contributed by atoms with E-state index < -0.39 is 23.8 Å². The minimum absolute atomic E-state index is 0.246. The van der Waals surface area contributed by atoms with Crippen LogP contribution in [0.4, 0.5) is 0 Å². The van der Waals surface area contributed by atoms with E-state index in [1.165, 1.54) is 12.8 Å². The van der Waals surface area contributed by atoms with Crippen LogP contribution in [0.2, 0.25) is 0 Å². The highest BCUT2D eigenvalue weighted by atomic mass is 16.8. The zero-order valence-electron chi connectivity index (χ0n) is 14.0. The van der Waals surface area contributed by atoms with Crippen molar-refractivity contribution in [2.24, 2.45) is 0 Å². The Kier molecular flexibility index (Phi) is 3.67. The number of fused-ring (bicyclic) bond motifs is 1. The average molecular weight is 338 g/mol. The highest BCUT2D eigenvalue weighted by Gasteiger charge is 2.62. The number of hydrogen-bond donors (Lipinski definition) is 0. The summed E-state index contributed by atoms with van der Waals surface area (Å²) in [6, 6.07) is 0. The van der Waals surface area contributed by atoms with Gasteiger partial charge in [0.1, 0.15) is 12.2 Å². The van der Waals surface area contributed by atoms with E-state index in [0.717, 1.165) is 51.4 Å². The van der Waals surface area contributed by atoms with Crippen LogP contribution in [-0.4, -0.2) is 48.6 Å². The van der Waals surface area contributed by atoms with E-state index >= 15 is 0 Å². The molecule has 5 rings (SSSR count). The van der Waals surface area contributed by atoms with Crippen molar-refractivity contribution < 1.29 is 28.5 Å². The van der Waals surface area contributed by atoms with Crippen LogP contribution in [0.5, 0.6) is 0 Å². The molecule has 0 aromatic rings. The van der Waals surface area contributed by atoms with Crippen molar-refractivity contribution in [3.8, 4) is 0 Å². The molecule has 0 radical (unpaired) electrons. The van der Waals surface area contributed by atoms with Crippen molar-refractivity contribution in [2.75, 3.05) is 6.61 Å². The van der Waals surface area contributed by atoms with Crippen molar-refractivity contribution >= 4 is 5.97 Å². The van der Waals surface area contributed by atoms with Gasteiger partial charge in [-0.05, 0) is 25.7 Å². The minimum Gasteiger partial charge on any atom is -0.455 e. The second-order valence-electron chi connectivity index (χ2n) is 7.93. The fourth-order valence-electron chi connectivity index (χ4n) is 5.03. The summed E-state index contributed by atoms with van der Waals surface area (Å²) in [5.41, 5.74) is 0. The molecule has 5 aliphatic rings. The van der Waals surface area contributed by atoms with Crippen molar-refractivity contribution in [3.63, 3.8) is 0 Å². The molecule has 2 unspecified atom stereocenters. The lowest BCUT2D eigenvalue weighted by Gasteiger charge is -2.34. The molecular formula is C18H26O6. The first-order valence-electron chi connectivity index (χ1n) is 9.57. The molecule has 6 heteroatoms. The van der Waals surface area contributed by atoms with Gasteiger partial charge in [-0.25, -0.2) is 4.79 Å². The number of carbonyl (C=O) groups excluding carboxylic acids is 1. The zero-order valence-corrected chi connectivity index (χ0v) is 14.0. The maximum atomic E-state index is 12.3. The van der Waals surface area contributed by atoms with Crippen LogP contribution in [0, 0.1) is 0 Å². The second-order valence-corrected chi connectivity index (χ2v) is 7.93. The molecular weight excluding hydrogens is 312 g/mol. The summed E-state index contributed by atoms with van der Waals surface area (Å²) in [5.74, 6) is -1.34. The number of rotatable bonds is 1. The molecule has 134 valence electrons. The number of hydrogen-bond acceptors (Lipinski definition) is 6. The number of esters is 1. The number of ether oxygens (including phenoxy) is 5. The fraction of sp³-hybridized carbons (Fsp3) is 0.944. The number of carbonyl (C=O) groups is 1. The molecule has 3 saturated heterocycles. The first-order valence-corrected chi connectivity index (χ1v) is 9.57. The summed E-state index contributed by atoms with van der Waals surface area (Å²) in [7, 11) is 0. The first kappa shape index (κ1) is 15.6. The van der Waals surface area contributed by atoms with Crippen LogP contribution in [0.1, 0.15) is 64.2 Å². The van der Waals surface area contributed by atoms with Crippen LogP contribution < -0.4 is 0 Å². The predicted octanol–water partition coefficient (Wildman–Crippen LogP) is 2.43. The third kappa shape index (κ3) is 2.42. The van der Waals surface area contributed by atoms with Gasteiger partial charge in [-0.3, -0.25) is 0 Å². The van der Waals surface area contributed by atoms with E-state index in [0.29, 0.717) is 6.61 Å². The molecule has 6 nitrogen and oxygen atoms in total. The van der Waals surface area contributed by atoms with Crippen LogP contribution in [0.3, 0.4) is 0 Å². The molecule has 2 spiro atoms. The summed E-state index contributed by atoms with van der Waals surface area (Å²) in [6.45, 7) is 0.470. The molecule has 24 heavy (non-hydrogen) atoms. The summed E-state index contributed by atoms with van der Waals surface area (Å²) < 4.78 is 30.2. The lowest BCUT2D eigenvalue weighted by molar-refractivity contribution is -0.230. The predicted molar refractivity (Wildman–Crippen MR) is 82.1 cm³/mol. The van der Waals surface area contributed by atoms with Gasteiger partial charge in [0.15, 0.2) is 23.8 Å². The van der Waals surface area contributed by atoms with Gasteiger partial charge in [-0.15, -0.1) is 0 Å². The van der Waals surface area contributed by atoms with Gasteiger partial charge in [-0.2, -0.15) is 0 Å². The van der Waals surface area contributed by atoms with Gasteiger partial charge in [-0.1, -0.05) is 12.8 Å². The van der Waals surface area contributed by atoms with Crippen molar-refractivity contribution in [1.29, 1.82) is 0 Å². The SMILES string of the molecule is O=C1O[C@@H](C2COC3(CCCCC3)O2)C2OC3(CCCCC3)O[C@@H]12. The molecule has 3 aliphatic heterocycles. The molecule has 3 heterocycles. The van der Waals surface area contributed by atoms with Gasteiger partial charge in [0.05, 0.1) is 6.61 Å². The van der Waals surface area contributed by atoms with E-state index in [2.05, 4.69) is 0 Å². The Morgan fingerprint density at radius 3 is 2.12 bits per heavy atom. The van der Waals surface area contributed by atoms with Crippen molar-refractivity contribution in [2.45, 2.75) is 100 Å². The Bertz CT molecular complexity index is 508. The molecule has 2 aliphatic carbocycles. The van der Waals surface area contributed by atoms with Crippen LogP contribution in [0.25, 0.3) is 0 Å². The largest absolute Gasteiger partial charge is 0.455 e. The van der Waals surface area contributed by atoms with E-state index in [1.807, 2.05) is 0 Å². The molecule has 0 aromatic heterocycles. The van der Waals surface area contributed by atoms with Gasteiger partial charge in [0.2, 0.25) is 0 Å². The van der Waals surface area contributed by atoms with E-state index in [9.17, 15) is 4.79 Å². The van der Waals surface area contributed by atoms with Crippen LogP contribution in [0.15, 0.2) is 0 Å². The molecule has 0 N–H and O–H groups in total. The van der Waals surface area contributed by atoms with Gasteiger partial charge >= 0.3 is 5.97 Å². The normalized spacial score (nSPS) is 43.2. The fourth-order valence-corrected chi connectivity index (χ4v) is 5.03. The number of cyclic esters (lactones) is 1. The van der Waals surface area contributed by atoms with Crippen LogP contribution >= 0.6 is 0 Å². The van der Waals surface area contributed by atoms with Gasteiger partial charge in [0, 0.05) is 25.7 Å². The third-order valence-electron chi connectivity index (χ3n) is 6.27. The quantitative estimate of drug-likeness (QED) is 0.684. The Morgan fingerprint density at radius 2 is 1.42 bits per heavy atom. The second kappa shape index (κ2) is 5.66. The molecule has 4 atom stereocenters. The van der Waals surface area contributed by atoms with E-state index in [4.69, 9.17) is 23.7 Å². The molecule has 2 saturated carbocycles. The summed E-state index contributed by atoms with van der Waals surface area (Å²) in [6.07, 6.45) is 8.87. The maximum Gasteiger partial charge on any atom is 0.338 e. The van der Waals surface area contributed by atoms with Gasteiger partial charge < -0.3 is 23.7 Å². The van der Waals surface area contributed by atoms with E-state index in [-0.39, 0.29) is 18.2 Å². The van der Waals surface area contributed by atoms with E-state index in [1.54, 1.807) is 0 Å². The lowest BCUT2D eigenvalue weighted by Crippen LogP contribution is -2.43. The lowest BCUT2D eigenvalue weighted by atomic mass is 9.94. The molecule has 0 amide bonds. The maximum absolute atomic E-state index is 12.3. The highest BCUT2D eigenvalue weighted by molar-refractivity contribution is 5.78. The minimum atomic E-state index is -0.598. The Balaban J connectivity index is 1.31. The summed E-state index contributed by atoms with van der Waals surface area (Å²) >= 11 is 0. The third-order valence-corrected chi connectivity index (χ3v) is 6.27. The average Bonchev–Trinajstić information content (AvgIpc) is 3.24. The highest BCUT2D eigenvalue weighted by Crippen LogP contribution is 2.47. The molecule has 0 bridgehead atoms. The van der Waals surface area contributed by atoms with Crippen molar-refractivity contribution in [3.05, 3.63) is 0 Å². The Labute approximate surface area is 142 Å². The Hall–Kier alpha value is -0.690. The first-order chi connectivity index (χ1) is 11.7. The summed E-state index contributed by atoms with van der Waals surface area (Å²) in [4.78, 5) is 12.3. The van der Waals surface area contributed by atoms with Gasteiger partial charge in [0.25, 0.3) is 0 Å².